The molecule has 1 aromatic heterocycles. The van der Waals surface area contributed by atoms with Gasteiger partial charge < -0.3 is 4.74 Å². The Bertz CT molecular complexity index is 1210. The van der Waals surface area contributed by atoms with Gasteiger partial charge in [-0.15, -0.1) is 11.3 Å². The average molecular weight is 482 g/mol. The quantitative estimate of drug-likeness (QED) is 0.280. The van der Waals surface area contributed by atoms with Crippen LogP contribution in [0.2, 0.25) is 5.02 Å². The van der Waals surface area contributed by atoms with Crippen LogP contribution in [0.15, 0.2) is 71.2 Å². The summed E-state index contributed by atoms with van der Waals surface area (Å²) in [6.07, 6.45) is 1.84. The van der Waals surface area contributed by atoms with Crippen LogP contribution in [0.25, 0.3) is 21.9 Å². The van der Waals surface area contributed by atoms with Crippen molar-refractivity contribution in [2.24, 2.45) is 0 Å². The highest BCUT2D eigenvalue weighted by Gasteiger charge is 2.09. The lowest BCUT2D eigenvalue weighted by Gasteiger charge is -2.09. The van der Waals surface area contributed by atoms with Gasteiger partial charge in [-0.1, -0.05) is 41.9 Å². The fourth-order valence-corrected chi connectivity index (χ4v) is 4.33. The van der Waals surface area contributed by atoms with Gasteiger partial charge in [-0.3, -0.25) is 0 Å². The van der Waals surface area contributed by atoms with Gasteiger partial charge in [-0.2, -0.15) is 5.26 Å². The molecule has 0 aliphatic carbocycles. The lowest BCUT2D eigenvalue weighted by atomic mass is 10.1. The molecule has 0 radical (unpaired) electrons. The highest BCUT2D eigenvalue weighted by Crippen LogP contribution is 2.31. The first-order valence-electron chi connectivity index (χ1n) is 8.77. The lowest BCUT2D eigenvalue weighted by Crippen LogP contribution is -1.96. The second-order valence-corrected chi connectivity index (χ2v) is 8.58. The molecule has 0 amide bonds. The second-order valence-electron chi connectivity index (χ2n) is 6.26. The standard InChI is InChI=1S/C23H14BrClN2OS/c24-19-12-16(7-10-21(19)28-14-15-5-8-18(25)9-6-15)11-17(13-26)23-27-20-3-1-2-4-22(20)29-23/h1-12H,14H2/b17-11+. The van der Waals surface area contributed by atoms with Gasteiger partial charge in [-0.05, 0) is 69.5 Å². The zero-order valence-electron chi connectivity index (χ0n) is 15.1. The topological polar surface area (TPSA) is 45.9 Å². The van der Waals surface area contributed by atoms with E-state index in [4.69, 9.17) is 16.3 Å². The molecule has 0 spiro atoms. The van der Waals surface area contributed by atoms with E-state index < -0.39 is 0 Å². The van der Waals surface area contributed by atoms with Crippen molar-refractivity contribution < 1.29 is 4.74 Å². The third-order valence-electron chi connectivity index (χ3n) is 4.22. The van der Waals surface area contributed by atoms with E-state index in [9.17, 15) is 5.26 Å². The van der Waals surface area contributed by atoms with Gasteiger partial charge in [0.1, 0.15) is 23.4 Å². The van der Waals surface area contributed by atoms with Crippen LogP contribution >= 0.6 is 38.9 Å². The Morgan fingerprint density at radius 3 is 2.66 bits per heavy atom. The molecule has 4 rings (SSSR count). The molecular formula is C23H14BrClN2OS. The number of benzene rings is 3. The van der Waals surface area contributed by atoms with E-state index in [0.717, 1.165) is 31.6 Å². The number of hydrogen-bond donors (Lipinski definition) is 0. The summed E-state index contributed by atoms with van der Waals surface area (Å²) < 4.78 is 7.77. The molecule has 0 N–H and O–H groups in total. The molecule has 4 aromatic rings. The molecule has 0 atom stereocenters. The summed E-state index contributed by atoms with van der Waals surface area (Å²) in [6, 6.07) is 23.4. The Balaban J connectivity index is 1.54. The minimum atomic E-state index is 0.445. The van der Waals surface area contributed by atoms with E-state index in [-0.39, 0.29) is 0 Å². The predicted molar refractivity (Wildman–Crippen MR) is 123 cm³/mol. The summed E-state index contributed by atoms with van der Waals surface area (Å²) in [6.45, 7) is 0.445. The Hall–Kier alpha value is -2.65. The maximum atomic E-state index is 9.62. The maximum absolute atomic E-state index is 9.62. The number of thiazole rings is 1. The van der Waals surface area contributed by atoms with Crippen molar-refractivity contribution in [3.63, 3.8) is 0 Å². The molecule has 3 aromatic carbocycles. The summed E-state index contributed by atoms with van der Waals surface area (Å²) in [5.41, 5.74) is 3.37. The molecule has 29 heavy (non-hydrogen) atoms. The van der Waals surface area contributed by atoms with Crippen molar-refractivity contribution in [1.82, 2.24) is 4.98 Å². The number of aromatic nitrogens is 1. The maximum Gasteiger partial charge on any atom is 0.135 e. The molecule has 1 heterocycles. The number of fused-ring (bicyclic) bond motifs is 1. The van der Waals surface area contributed by atoms with Crippen LogP contribution in [0.5, 0.6) is 5.75 Å². The first-order valence-corrected chi connectivity index (χ1v) is 10.8. The van der Waals surface area contributed by atoms with E-state index >= 15 is 0 Å². The third kappa shape index (κ3) is 4.68. The van der Waals surface area contributed by atoms with Gasteiger partial charge in [0, 0.05) is 5.02 Å². The van der Waals surface area contributed by atoms with Crippen LogP contribution in [0.4, 0.5) is 0 Å². The predicted octanol–water partition coefficient (Wildman–Crippen LogP) is 7.36. The minimum absolute atomic E-state index is 0.445. The number of halogens is 2. The van der Waals surface area contributed by atoms with Crippen molar-refractivity contribution in [2.75, 3.05) is 0 Å². The molecular weight excluding hydrogens is 468 g/mol. The summed E-state index contributed by atoms with van der Waals surface area (Å²) in [5.74, 6) is 0.732. The van der Waals surface area contributed by atoms with E-state index in [1.54, 1.807) is 0 Å². The number of rotatable bonds is 5. The molecule has 0 aliphatic heterocycles. The molecule has 0 bridgehead atoms. The van der Waals surface area contributed by atoms with Crippen molar-refractivity contribution >= 4 is 60.7 Å². The molecule has 142 valence electrons. The smallest absolute Gasteiger partial charge is 0.135 e. The van der Waals surface area contributed by atoms with Crippen molar-refractivity contribution in [2.45, 2.75) is 6.61 Å². The number of nitrogens with zero attached hydrogens (tertiary/aromatic N) is 2. The van der Waals surface area contributed by atoms with Crippen LogP contribution in [-0.2, 0) is 6.61 Å². The Morgan fingerprint density at radius 1 is 1.14 bits per heavy atom. The molecule has 0 fully saturated rings. The van der Waals surface area contributed by atoms with Crippen LogP contribution in [0.3, 0.4) is 0 Å². The van der Waals surface area contributed by atoms with Crippen molar-refractivity contribution in [3.05, 3.63) is 92.4 Å². The molecule has 0 saturated carbocycles. The van der Waals surface area contributed by atoms with Crippen molar-refractivity contribution in [1.29, 1.82) is 5.26 Å². The van der Waals surface area contributed by atoms with Crippen molar-refractivity contribution in [3.8, 4) is 11.8 Å². The van der Waals surface area contributed by atoms with Gasteiger partial charge in [0.25, 0.3) is 0 Å². The van der Waals surface area contributed by atoms with E-state index in [2.05, 4.69) is 27.0 Å². The highest BCUT2D eigenvalue weighted by atomic mass is 79.9. The number of nitriles is 1. The summed E-state index contributed by atoms with van der Waals surface area (Å²) in [4.78, 5) is 4.57. The van der Waals surface area contributed by atoms with Gasteiger partial charge in [-0.25, -0.2) is 4.98 Å². The van der Waals surface area contributed by atoms with Gasteiger partial charge in [0.05, 0.1) is 20.3 Å². The molecule has 6 heteroatoms. The SMILES string of the molecule is N#C/C(=C\c1ccc(OCc2ccc(Cl)cc2)c(Br)c1)c1nc2ccccc2s1. The van der Waals surface area contributed by atoms with Crippen LogP contribution in [0.1, 0.15) is 16.1 Å². The molecule has 0 aliphatic rings. The second kappa shape index (κ2) is 8.79. The summed E-state index contributed by atoms with van der Waals surface area (Å²) in [5, 5.41) is 11.0. The zero-order chi connectivity index (χ0) is 20.2. The average Bonchev–Trinajstić information content (AvgIpc) is 3.16. The van der Waals surface area contributed by atoms with Gasteiger partial charge in [0.2, 0.25) is 0 Å². The van der Waals surface area contributed by atoms with Crippen LogP contribution in [-0.4, -0.2) is 4.98 Å². The zero-order valence-corrected chi connectivity index (χ0v) is 18.3. The van der Waals surface area contributed by atoms with Gasteiger partial charge in [0.15, 0.2) is 0 Å². The number of hydrogen-bond acceptors (Lipinski definition) is 4. The monoisotopic (exact) mass is 480 g/mol. The Labute approximate surface area is 186 Å². The molecule has 3 nitrogen and oxygen atoms in total. The summed E-state index contributed by atoms with van der Waals surface area (Å²) in [7, 11) is 0. The van der Waals surface area contributed by atoms with E-state index in [0.29, 0.717) is 22.2 Å². The molecule has 0 unspecified atom stereocenters. The fraction of sp³-hybridized carbons (Fsp3) is 0.0435. The first kappa shape index (κ1) is 19.7. The van der Waals surface area contributed by atoms with E-state index in [1.165, 1.54) is 11.3 Å². The van der Waals surface area contributed by atoms with Gasteiger partial charge >= 0.3 is 0 Å². The Morgan fingerprint density at radius 2 is 1.93 bits per heavy atom. The lowest BCUT2D eigenvalue weighted by molar-refractivity contribution is 0.304. The van der Waals surface area contributed by atoms with Crippen LogP contribution in [0, 0.1) is 11.3 Å². The van der Waals surface area contributed by atoms with Crippen LogP contribution < -0.4 is 4.74 Å². The number of para-hydroxylation sites is 1. The first-order chi connectivity index (χ1) is 14.1. The minimum Gasteiger partial charge on any atom is -0.488 e. The van der Waals surface area contributed by atoms with E-state index in [1.807, 2.05) is 72.8 Å². The number of ether oxygens (including phenoxy) is 1. The fourth-order valence-electron chi connectivity index (χ4n) is 2.76. The largest absolute Gasteiger partial charge is 0.488 e. The number of allylic oxidation sites excluding steroid dienone is 1. The summed E-state index contributed by atoms with van der Waals surface area (Å²) >= 11 is 11.0. The molecule has 0 saturated heterocycles. The Kier molecular flexibility index (Phi) is 5.96. The third-order valence-corrected chi connectivity index (χ3v) is 6.16. The highest BCUT2D eigenvalue weighted by molar-refractivity contribution is 9.10. The normalized spacial score (nSPS) is 11.4.